The number of amides is 2. The highest BCUT2D eigenvalue weighted by Crippen LogP contribution is 2.03. The quantitative estimate of drug-likeness (QED) is 0.797. The Morgan fingerprint density at radius 2 is 1.77 bits per heavy atom. The second kappa shape index (κ2) is 7.93. The van der Waals surface area contributed by atoms with Crippen molar-refractivity contribution in [3.63, 3.8) is 0 Å². The Morgan fingerprint density at radius 1 is 1.00 bits per heavy atom. The Bertz CT molecular complexity index is 641. The van der Waals surface area contributed by atoms with E-state index in [1.807, 2.05) is 49.4 Å². The van der Waals surface area contributed by atoms with Gasteiger partial charge < -0.3 is 10.6 Å². The molecule has 2 amide bonds. The lowest BCUT2D eigenvalue weighted by molar-refractivity contribution is -0.129. The molecule has 0 saturated carbocycles. The van der Waals surface area contributed by atoms with Crippen LogP contribution in [-0.2, 0) is 22.7 Å². The van der Waals surface area contributed by atoms with Crippen molar-refractivity contribution in [1.29, 1.82) is 0 Å². The van der Waals surface area contributed by atoms with Gasteiger partial charge >= 0.3 is 0 Å². The van der Waals surface area contributed by atoms with Crippen molar-refractivity contribution in [3.05, 3.63) is 65.5 Å². The Morgan fingerprint density at radius 3 is 2.45 bits per heavy atom. The van der Waals surface area contributed by atoms with Gasteiger partial charge in [0.05, 0.1) is 12.2 Å². The maximum Gasteiger partial charge on any atom is 0.229 e. The third-order valence-electron chi connectivity index (χ3n) is 3.09. The molecule has 0 fully saturated rings. The minimum atomic E-state index is -0.313. The van der Waals surface area contributed by atoms with E-state index in [9.17, 15) is 9.59 Å². The van der Waals surface area contributed by atoms with Crippen molar-refractivity contribution in [2.45, 2.75) is 26.4 Å². The summed E-state index contributed by atoms with van der Waals surface area (Å²) < 4.78 is 0. The van der Waals surface area contributed by atoms with Crippen LogP contribution in [0.5, 0.6) is 0 Å². The number of nitrogens with zero attached hydrogens (tertiary/aromatic N) is 1. The van der Waals surface area contributed by atoms with Crippen molar-refractivity contribution in [1.82, 2.24) is 15.6 Å². The maximum absolute atomic E-state index is 11.7. The van der Waals surface area contributed by atoms with E-state index in [1.54, 1.807) is 6.20 Å². The Kier molecular flexibility index (Phi) is 5.65. The minimum Gasteiger partial charge on any atom is -0.352 e. The fourth-order valence-corrected chi connectivity index (χ4v) is 1.99. The molecule has 0 unspecified atom stereocenters. The molecule has 0 aliphatic heterocycles. The zero-order valence-corrected chi connectivity index (χ0v) is 12.5. The van der Waals surface area contributed by atoms with Crippen LogP contribution >= 0.6 is 0 Å². The summed E-state index contributed by atoms with van der Waals surface area (Å²) >= 11 is 0. The van der Waals surface area contributed by atoms with E-state index in [1.165, 1.54) is 0 Å². The van der Waals surface area contributed by atoms with Crippen LogP contribution in [0.3, 0.4) is 0 Å². The fraction of sp³-hybridized carbons (Fsp3) is 0.235. The van der Waals surface area contributed by atoms with Crippen molar-refractivity contribution in [3.8, 4) is 0 Å². The second-order valence-electron chi connectivity index (χ2n) is 5.04. The molecule has 2 aromatic rings. The smallest absolute Gasteiger partial charge is 0.229 e. The Balaban J connectivity index is 1.71. The van der Waals surface area contributed by atoms with Crippen LogP contribution in [0.1, 0.15) is 23.2 Å². The van der Waals surface area contributed by atoms with E-state index in [4.69, 9.17) is 0 Å². The van der Waals surface area contributed by atoms with Gasteiger partial charge in [-0.15, -0.1) is 0 Å². The summed E-state index contributed by atoms with van der Waals surface area (Å²) in [6.07, 6.45) is 1.48. The molecule has 1 heterocycles. The van der Waals surface area contributed by atoms with Crippen molar-refractivity contribution in [2.75, 3.05) is 0 Å². The Hall–Kier alpha value is -2.69. The van der Waals surface area contributed by atoms with E-state index in [-0.39, 0.29) is 18.2 Å². The largest absolute Gasteiger partial charge is 0.352 e. The monoisotopic (exact) mass is 297 g/mol. The molecular weight excluding hydrogens is 278 g/mol. The van der Waals surface area contributed by atoms with E-state index in [0.717, 1.165) is 16.8 Å². The highest BCUT2D eigenvalue weighted by atomic mass is 16.2. The molecule has 0 aliphatic carbocycles. The van der Waals surface area contributed by atoms with Crippen molar-refractivity contribution >= 4 is 11.8 Å². The second-order valence-corrected chi connectivity index (χ2v) is 5.04. The summed E-state index contributed by atoms with van der Waals surface area (Å²) in [5.74, 6) is -0.604. The normalized spacial score (nSPS) is 10.0. The highest BCUT2D eigenvalue weighted by molar-refractivity contribution is 5.96. The molecule has 0 radical (unpaired) electrons. The lowest BCUT2D eigenvalue weighted by Gasteiger charge is -2.07. The average Bonchev–Trinajstić information content (AvgIpc) is 2.52. The number of hydrogen-bond donors (Lipinski definition) is 2. The third kappa shape index (κ3) is 5.36. The molecule has 0 atom stereocenters. The Labute approximate surface area is 129 Å². The third-order valence-corrected chi connectivity index (χ3v) is 3.09. The topological polar surface area (TPSA) is 71.1 Å². The van der Waals surface area contributed by atoms with E-state index < -0.39 is 0 Å². The first-order valence-electron chi connectivity index (χ1n) is 7.12. The zero-order chi connectivity index (χ0) is 15.8. The van der Waals surface area contributed by atoms with Crippen LogP contribution in [0.25, 0.3) is 0 Å². The number of rotatable bonds is 6. The fourth-order valence-electron chi connectivity index (χ4n) is 1.99. The van der Waals surface area contributed by atoms with Crippen LogP contribution in [0.15, 0.2) is 48.7 Å². The highest BCUT2D eigenvalue weighted by Gasteiger charge is 2.09. The van der Waals surface area contributed by atoms with Gasteiger partial charge in [0.1, 0.15) is 6.42 Å². The summed E-state index contributed by atoms with van der Waals surface area (Å²) in [4.78, 5) is 27.5. The predicted molar refractivity (Wildman–Crippen MR) is 83.7 cm³/mol. The number of nitrogens with one attached hydrogen (secondary N) is 2. The molecule has 2 rings (SSSR count). The maximum atomic E-state index is 11.7. The van der Waals surface area contributed by atoms with Gasteiger partial charge in [-0.1, -0.05) is 35.9 Å². The number of carbonyl (C=O) groups excluding carboxylic acids is 2. The van der Waals surface area contributed by atoms with Gasteiger partial charge in [-0.3, -0.25) is 14.6 Å². The van der Waals surface area contributed by atoms with Crippen molar-refractivity contribution in [2.24, 2.45) is 0 Å². The van der Waals surface area contributed by atoms with Gasteiger partial charge in [-0.05, 0) is 24.6 Å². The summed E-state index contributed by atoms with van der Waals surface area (Å²) in [5.41, 5.74) is 2.91. The molecule has 1 aromatic carbocycles. The molecule has 1 aromatic heterocycles. The van der Waals surface area contributed by atoms with Crippen LogP contribution in [0, 0.1) is 6.92 Å². The molecule has 0 saturated heterocycles. The van der Waals surface area contributed by atoms with Gasteiger partial charge in [0.25, 0.3) is 0 Å². The van der Waals surface area contributed by atoms with E-state index in [0.29, 0.717) is 13.1 Å². The molecule has 5 nitrogen and oxygen atoms in total. The molecule has 114 valence electrons. The zero-order valence-electron chi connectivity index (χ0n) is 12.5. The molecule has 2 N–H and O–H groups in total. The number of aryl methyl sites for hydroxylation is 1. The molecule has 0 spiro atoms. The lowest BCUT2D eigenvalue weighted by Crippen LogP contribution is -2.31. The number of carbonyl (C=O) groups is 2. The van der Waals surface area contributed by atoms with Crippen LogP contribution in [0.4, 0.5) is 0 Å². The molecule has 22 heavy (non-hydrogen) atoms. The SMILES string of the molecule is Cc1cccc(CNC(=O)CC(=O)NCc2ccccn2)c1. The standard InChI is InChI=1S/C17H19N3O2/c1-13-5-4-6-14(9-13)11-19-16(21)10-17(22)20-12-15-7-2-3-8-18-15/h2-9H,10-12H2,1H3,(H,19,21)(H,20,22). The van der Waals surface area contributed by atoms with Gasteiger partial charge in [-0.25, -0.2) is 0 Å². The molecule has 0 bridgehead atoms. The number of benzene rings is 1. The minimum absolute atomic E-state index is 0.182. The summed E-state index contributed by atoms with van der Waals surface area (Å²) in [6.45, 7) is 2.75. The summed E-state index contributed by atoms with van der Waals surface area (Å²) in [6, 6.07) is 13.4. The lowest BCUT2D eigenvalue weighted by atomic mass is 10.1. The number of pyridine rings is 1. The van der Waals surface area contributed by atoms with E-state index in [2.05, 4.69) is 15.6 Å². The van der Waals surface area contributed by atoms with Crippen LogP contribution < -0.4 is 10.6 Å². The first-order valence-corrected chi connectivity index (χ1v) is 7.12. The van der Waals surface area contributed by atoms with Gasteiger partial charge in [0.15, 0.2) is 0 Å². The molecular formula is C17H19N3O2. The number of aromatic nitrogens is 1. The first kappa shape index (κ1) is 15.7. The van der Waals surface area contributed by atoms with Gasteiger partial charge in [0.2, 0.25) is 11.8 Å². The van der Waals surface area contributed by atoms with Gasteiger partial charge in [-0.2, -0.15) is 0 Å². The van der Waals surface area contributed by atoms with Gasteiger partial charge in [0, 0.05) is 12.7 Å². The van der Waals surface area contributed by atoms with Crippen LogP contribution in [0.2, 0.25) is 0 Å². The summed E-state index contributed by atoms with van der Waals surface area (Å²) in [7, 11) is 0. The van der Waals surface area contributed by atoms with Crippen LogP contribution in [-0.4, -0.2) is 16.8 Å². The summed E-state index contributed by atoms with van der Waals surface area (Å²) in [5, 5.41) is 5.41. The van der Waals surface area contributed by atoms with E-state index >= 15 is 0 Å². The first-order chi connectivity index (χ1) is 10.6. The average molecular weight is 297 g/mol. The predicted octanol–water partition coefficient (Wildman–Crippen LogP) is 1.71. The molecule has 5 heteroatoms. The van der Waals surface area contributed by atoms with Crippen molar-refractivity contribution < 1.29 is 9.59 Å². The molecule has 0 aliphatic rings. The number of hydrogen-bond acceptors (Lipinski definition) is 3.